The van der Waals surface area contributed by atoms with Crippen LogP contribution in [0.1, 0.15) is 33.6 Å². The van der Waals surface area contributed by atoms with Gasteiger partial charge in [-0.1, -0.05) is 25.4 Å². The molecule has 0 unspecified atom stereocenters. The number of amides is 1. The first-order valence-electron chi connectivity index (χ1n) is 7.26. The molecule has 7 heteroatoms. The smallest absolute Gasteiger partial charge is 0.244 e. The van der Waals surface area contributed by atoms with Gasteiger partial charge in [-0.3, -0.25) is 9.10 Å². The maximum absolute atomic E-state index is 12.4. The zero-order valence-corrected chi connectivity index (χ0v) is 14.9. The van der Waals surface area contributed by atoms with E-state index in [0.29, 0.717) is 17.1 Å². The van der Waals surface area contributed by atoms with Gasteiger partial charge in [0.25, 0.3) is 0 Å². The summed E-state index contributed by atoms with van der Waals surface area (Å²) in [5.74, 6) is -0.294. The van der Waals surface area contributed by atoms with Crippen molar-refractivity contribution in [1.29, 1.82) is 0 Å². The van der Waals surface area contributed by atoms with Crippen LogP contribution in [0.2, 0.25) is 5.02 Å². The molecule has 5 nitrogen and oxygen atoms in total. The number of hydrogen-bond donors (Lipinski definition) is 1. The molecule has 0 fully saturated rings. The Morgan fingerprint density at radius 1 is 1.23 bits per heavy atom. The molecule has 0 saturated carbocycles. The van der Waals surface area contributed by atoms with Gasteiger partial charge in [-0.15, -0.1) is 0 Å². The molecule has 0 spiro atoms. The van der Waals surface area contributed by atoms with Gasteiger partial charge in [0.2, 0.25) is 15.9 Å². The van der Waals surface area contributed by atoms with Gasteiger partial charge in [-0.2, -0.15) is 0 Å². The molecule has 0 aliphatic rings. The second-order valence-corrected chi connectivity index (χ2v) is 7.57. The minimum absolute atomic E-state index is 0.00632. The number of carbonyl (C=O) groups is 1. The van der Waals surface area contributed by atoms with Crippen molar-refractivity contribution in [1.82, 2.24) is 5.32 Å². The Hall–Kier alpha value is -1.27. The molecule has 1 aromatic rings. The van der Waals surface area contributed by atoms with Crippen molar-refractivity contribution in [2.45, 2.75) is 45.7 Å². The van der Waals surface area contributed by atoms with Gasteiger partial charge >= 0.3 is 0 Å². The van der Waals surface area contributed by atoms with Gasteiger partial charge in [0.1, 0.15) is 6.04 Å². The van der Waals surface area contributed by atoms with E-state index in [-0.39, 0.29) is 11.9 Å². The van der Waals surface area contributed by atoms with Crippen LogP contribution in [0, 0.1) is 0 Å². The zero-order valence-electron chi connectivity index (χ0n) is 13.3. The molecule has 1 amide bonds. The topological polar surface area (TPSA) is 66.5 Å². The predicted molar refractivity (Wildman–Crippen MR) is 90.7 cm³/mol. The first kappa shape index (κ1) is 18.8. The Balaban J connectivity index is 3.19. The van der Waals surface area contributed by atoms with Gasteiger partial charge in [0.05, 0.1) is 11.9 Å². The van der Waals surface area contributed by atoms with Gasteiger partial charge in [-0.25, -0.2) is 8.42 Å². The highest BCUT2D eigenvalue weighted by Gasteiger charge is 2.31. The van der Waals surface area contributed by atoms with E-state index in [1.165, 1.54) is 0 Å². The Kier molecular flexibility index (Phi) is 6.68. The van der Waals surface area contributed by atoms with Crippen molar-refractivity contribution in [3.05, 3.63) is 29.3 Å². The minimum atomic E-state index is -3.60. The molecular formula is C15H23ClN2O3S. The van der Waals surface area contributed by atoms with Crippen LogP contribution in [0.3, 0.4) is 0 Å². The summed E-state index contributed by atoms with van der Waals surface area (Å²) in [5.41, 5.74) is 0.429. The molecule has 124 valence electrons. The summed E-state index contributed by atoms with van der Waals surface area (Å²) in [6, 6.07) is 5.62. The summed E-state index contributed by atoms with van der Waals surface area (Å²) in [4.78, 5) is 12.4. The van der Waals surface area contributed by atoms with E-state index >= 15 is 0 Å². The van der Waals surface area contributed by atoms with Gasteiger partial charge < -0.3 is 5.32 Å². The summed E-state index contributed by atoms with van der Waals surface area (Å²) in [6.07, 6.45) is 2.25. The SMILES string of the molecule is CC[C@@H](C)NC(=O)[C@H](CC)N(c1ccc(Cl)cc1)S(C)(=O)=O. The van der Waals surface area contributed by atoms with E-state index in [1.807, 2.05) is 13.8 Å². The average molecular weight is 347 g/mol. The van der Waals surface area contributed by atoms with Crippen LogP contribution in [0.5, 0.6) is 0 Å². The van der Waals surface area contributed by atoms with Crippen LogP contribution in [-0.2, 0) is 14.8 Å². The fraction of sp³-hybridized carbons (Fsp3) is 0.533. The number of sulfonamides is 1. The van der Waals surface area contributed by atoms with Crippen LogP contribution in [-0.4, -0.2) is 32.7 Å². The Labute approximate surface area is 137 Å². The molecule has 0 bridgehead atoms. The second-order valence-electron chi connectivity index (χ2n) is 5.28. The lowest BCUT2D eigenvalue weighted by Gasteiger charge is -2.31. The van der Waals surface area contributed by atoms with Crippen molar-refractivity contribution < 1.29 is 13.2 Å². The first-order chi connectivity index (χ1) is 10.2. The zero-order chi connectivity index (χ0) is 16.9. The highest BCUT2D eigenvalue weighted by molar-refractivity contribution is 7.92. The minimum Gasteiger partial charge on any atom is -0.352 e. The molecular weight excluding hydrogens is 324 g/mol. The van der Waals surface area contributed by atoms with Crippen LogP contribution in [0.15, 0.2) is 24.3 Å². The van der Waals surface area contributed by atoms with Gasteiger partial charge in [0, 0.05) is 11.1 Å². The quantitative estimate of drug-likeness (QED) is 0.825. The predicted octanol–water partition coefficient (Wildman–Crippen LogP) is 2.80. The number of anilines is 1. The van der Waals surface area contributed by atoms with E-state index in [4.69, 9.17) is 11.6 Å². The standard InChI is InChI=1S/C15H23ClN2O3S/c1-5-11(3)17-15(19)14(6-2)18(22(4,20)21)13-9-7-12(16)8-10-13/h7-11,14H,5-6H2,1-4H3,(H,17,19)/t11-,14+/m1/s1. The Bertz CT molecular complexity index is 602. The van der Waals surface area contributed by atoms with Crippen molar-refractivity contribution >= 4 is 33.2 Å². The van der Waals surface area contributed by atoms with E-state index in [2.05, 4.69) is 5.32 Å². The summed E-state index contributed by atoms with van der Waals surface area (Å²) in [6.45, 7) is 5.63. The molecule has 1 N–H and O–H groups in total. The number of hydrogen-bond acceptors (Lipinski definition) is 3. The molecule has 1 rings (SSSR count). The molecule has 0 heterocycles. The lowest BCUT2D eigenvalue weighted by atomic mass is 10.1. The highest BCUT2D eigenvalue weighted by atomic mass is 35.5. The molecule has 0 aromatic heterocycles. The third kappa shape index (κ3) is 4.88. The largest absolute Gasteiger partial charge is 0.352 e. The monoisotopic (exact) mass is 346 g/mol. The lowest BCUT2D eigenvalue weighted by molar-refractivity contribution is -0.122. The fourth-order valence-electron chi connectivity index (χ4n) is 2.09. The van der Waals surface area contributed by atoms with Gasteiger partial charge in [0.15, 0.2) is 0 Å². The summed E-state index contributed by atoms with van der Waals surface area (Å²) in [7, 11) is -3.60. The molecule has 0 saturated heterocycles. The van der Waals surface area contributed by atoms with E-state index in [1.54, 1.807) is 31.2 Å². The molecule has 2 atom stereocenters. The number of benzene rings is 1. The Morgan fingerprint density at radius 3 is 2.18 bits per heavy atom. The van der Waals surface area contributed by atoms with Gasteiger partial charge in [-0.05, 0) is 44.0 Å². The fourth-order valence-corrected chi connectivity index (χ4v) is 3.43. The number of nitrogens with one attached hydrogen (secondary N) is 1. The molecule has 0 aliphatic carbocycles. The van der Waals surface area contributed by atoms with Crippen molar-refractivity contribution in [2.24, 2.45) is 0 Å². The van der Waals surface area contributed by atoms with Crippen molar-refractivity contribution in [3.8, 4) is 0 Å². The van der Waals surface area contributed by atoms with E-state index in [0.717, 1.165) is 17.0 Å². The molecule has 0 aliphatic heterocycles. The average Bonchev–Trinajstić information content (AvgIpc) is 2.44. The second kappa shape index (κ2) is 7.83. The number of nitrogens with zero attached hydrogens (tertiary/aromatic N) is 1. The number of carbonyl (C=O) groups excluding carboxylic acids is 1. The maximum atomic E-state index is 12.4. The number of halogens is 1. The third-order valence-electron chi connectivity index (χ3n) is 3.41. The Morgan fingerprint density at radius 2 is 1.77 bits per heavy atom. The van der Waals surface area contributed by atoms with Crippen LogP contribution >= 0.6 is 11.6 Å². The lowest BCUT2D eigenvalue weighted by Crippen LogP contribution is -2.51. The van der Waals surface area contributed by atoms with Crippen LogP contribution < -0.4 is 9.62 Å². The molecule has 0 radical (unpaired) electrons. The highest BCUT2D eigenvalue weighted by Crippen LogP contribution is 2.24. The summed E-state index contributed by atoms with van der Waals surface area (Å²) in [5, 5.41) is 3.35. The summed E-state index contributed by atoms with van der Waals surface area (Å²) >= 11 is 5.85. The summed E-state index contributed by atoms with van der Waals surface area (Å²) < 4.78 is 25.5. The number of rotatable bonds is 7. The molecule has 1 aromatic carbocycles. The van der Waals surface area contributed by atoms with E-state index in [9.17, 15) is 13.2 Å². The van der Waals surface area contributed by atoms with Crippen LogP contribution in [0.4, 0.5) is 5.69 Å². The van der Waals surface area contributed by atoms with Crippen molar-refractivity contribution in [3.63, 3.8) is 0 Å². The van der Waals surface area contributed by atoms with E-state index < -0.39 is 16.1 Å². The molecule has 22 heavy (non-hydrogen) atoms. The van der Waals surface area contributed by atoms with Crippen molar-refractivity contribution in [2.75, 3.05) is 10.6 Å². The maximum Gasteiger partial charge on any atom is 0.244 e. The normalized spacial score (nSPS) is 14.2. The third-order valence-corrected chi connectivity index (χ3v) is 4.84. The van der Waals surface area contributed by atoms with Crippen LogP contribution in [0.25, 0.3) is 0 Å². The first-order valence-corrected chi connectivity index (χ1v) is 9.48.